The third-order valence-electron chi connectivity index (χ3n) is 2.97. The SMILES string of the molecule is CCOc1ccc(C)cc1C(Cl)c1cc(Br)ccc1F. The second-order valence-electron chi connectivity index (χ2n) is 4.50. The molecule has 0 N–H and O–H groups in total. The molecule has 20 heavy (non-hydrogen) atoms. The first-order valence-corrected chi connectivity index (χ1v) is 7.58. The van der Waals surface area contributed by atoms with Crippen molar-refractivity contribution in [3.05, 3.63) is 63.4 Å². The molecule has 0 spiro atoms. The lowest BCUT2D eigenvalue weighted by molar-refractivity contribution is 0.336. The number of alkyl halides is 1. The van der Waals surface area contributed by atoms with E-state index >= 15 is 0 Å². The summed E-state index contributed by atoms with van der Waals surface area (Å²) in [6.07, 6.45) is 0. The fourth-order valence-electron chi connectivity index (χ4n) is 2.03. The van der Waals surface area contributed by atoms with Crippen molar-refractivity contribution in [3.8, 4) is 5.75 Å². The topological polar surface area (TPSA) is 9.23 Å². The highest BCUT2D eigenvalue weighted by Crippen LogP contribution is 2.37. The molecule has 4 heteroatoms. The van der Waals surface area contributed by atoms with Gasteiger partial charge in [-0.25, -0.2) is 4.39 Å². The molecule has 0 radical (unpaired) electrons. The van der Waals surface area contributed by atoms with E-state index in [0.29, 0.717) is 17.9 Å². The summed E-state index contributed by atoms with van der Waals surface area (Å²) in [5, 5.41) is -0.589. The largest absolute Gasteiger partial charge is 0.494 e. The fourth-order valence-corrected chi connectivity index (χ4v) is 2.75. The Bertz CT molecular complexity index is 615. The average molecular weight is 358 g/mol. The van der Waals surface area contributed by atoms with Gasteiger partial charge in [-0.1, -0.05) is 33.6 Å². The Morgan fingerprint density at radius 2 is 1.95 bits per heavy atom. The minimum atomic E-state index is -0.589. The smallest absolute Gasteiger partial charge is 0.128 e. The lowest BCUT2D eigenvalue weighted by Gasteiger charge is -2.17. The van der Waals surface area contributed by atoms with Crippen LogP contribution in [0.4, 0.5) is 4.39 Å². The van der Waals surface area contributed by atoms with Gasteiger partial charge < -0.3 is 4.74 Å². The van der Waals surface area contributed by atoms with Gasteiger partial charge >= 0.3 is 0 Å². The molecule has 0 fully saturated rings. The van der Waals surface area contributed by atoms with Crippen LogP contribution in [0.2, 0.25) is 0 Å². The predicted molar refractivity (Wildman–Crippen MR) is 84.1 cm³/mol. The molecule has 2 rings (SSSR count). The summed E-state index contributed by atoms with van der Waals surface area (Å²) in [5.41, 5.74) is 2.28. The van der Waals surface area contributed by atoms with E-state index in [-0.39, 0.29) is 5.82 Å². The Labute approximate surface area is 131 Å². The van der Waals surface area contributed by atoms with Crippen molar-refractivity contribution >= 4 is 27.5 Å². The van der Waals surface area contributed by atoms with E-state index in [0.717, 1.165) is 15.6 Å². The van der Waals surface area contributed by atoms with Crippen molar-refractivity contribution in [2.45, 2.75) is 19.2 Å². The zero-order valence-corrected chi connectivity index (χ0v) is 13.6. The maximum atomic E-state index is 14.0. The van der Waals surface area contributed by atoms with Gasteiger partial charge in [-0.05, 0) is 38.1 Å². The highest BCUT2D eigenvalue weighted by molar-refractivity contribution is 9.10. The Morgan fingerprint density at radius 1 is 1.20 bits per heavy atom. The lowest BCUT2D eigenvalue weighted by Crippen LogP contribution is -2.02. The summed E-state index contributed by atoms with van der Waals surface area (Å²) < 4.78 is 20.4. The van der Waals surface area contributed by atoms with Crippen LogP contribution in [0.1, 0.15) is 29.0 Å². The minimum absolute atomic E-state index is 0.322. The number of benzene rings is 2. The van der Waals surface area contributed by atoms with Gasteiger partial charge in [0.05, 0.1) is 12.0 Å². The second-order valence-corrected chi connectivity index (χ2v) is 5.85. The monoisotopic (exact) mass is 356 g/mol. The van der Waals surface area contributed by atoms with Crippen LogP contribution < -0.4 is 4.74 Å². The molecule has 0 bridgehead atoms. The van der Waals surface area contributed by atoms with Crippen LogP contribution in [0.15, 0.2) is 40.9 Å². The van der Waals surface area contributed by atoms with Crippen molar-refractivity contribution in [2.24, 2.45) is 0 Å². The summed E-state index contributed by atoms with van der Waals surface area (Å²) in [6.45, 7) is 4.42. The molecular formula is C16H15BrClFO. The molecule has 0 amide bonds. The Balaban J connectivity index is 2.49. The highest BCUT2D eigenvalue weighted by atomic mass is 79.9. The van der Waals surface area contributed by atoms with Crippen LogP contribution >= 0.6 is 27.5 Å². The third-order valence-corrected chi connectivity index (χ3v) is 3.93. The first kappa shape index (κ1) is 15.3. The van der Waals surface area contributed by atoms with Crippen LogP contribution in [0, 0.1) is 12.7 Å². The summed E-state index contributed by atoms with van der Waals surface area (Å²) in [4.78, 5) is 0. The van der Waals surface area contributed by atoms with Gasteiger partial charge in [0.15, 0.2) is 0 Å². The fraction of sp³-hybridized carbons (Fsp3) is 0.250. The van der Waals surface area contributed by atoms with Crippen LogP contribution in [0.25, 0.3) is 0 Å². The minimum Gasteiger partial charge on any atom is -0.494 e. The number of rotatable bonds is 4. The molecule has 0 aromatic heterocycles. The lowest BCUT2D eigenvalue weighted by atomic mass is 10.0. The van der Waals surface area contributed by atoms with Crippen molar-refractivity contribution in [1.29, 1.82) is 0 Å². The molecule has 0 aliphatic rings. The molecule has 0 aliphatic carbocycles. The van der Waals surface area contributed by atoms with Crippen molar-refractivity contribution in [3.63, 3.8) is 0 Å². The normalized spacial score (nSPS) is 12.2. The second kappa shape index (κ2) is 6.59. The Kier molecular flexibility index (Phi) is 5.06. The van der Waals surface area contributed by atoms with Gasteiger partial charge in [0.1, 0.15) is 11.6 Å². The molecular weight excluding hydrogens is 343 g/mol. The average Bonchev–Trinajstić information content (AvgIpc) is 2.43. The van der Waals surface area contributed by atoms with E-state index in [4.69, 9.17) is 16.3 Å². The zero-order valence-electron chi connectivity index (χ0n) is 11.3. The summed E-state index contributed by atoms with van der Waals surface area (Å²) in [7, 11) is 0. The molecule has 0 heterocycles. The van der Waals surface area contributed by atoms with E-state index in [9.17, 15) is 4.39 Å². The third kappa shape index (κ3) is 3.33. The Morgan fingerprint density at radius 3 is 2.65 bits per heavy atom. The maximum absolute atomic E-state index is 14.0. The molecule has 0 saturated heterocycles. The molecule has 2 aromatic carbocycles. The van der Waals surface area contributed by atoms with Crippen LogP contribution in [-0.4, -0.2) is 6.61 Å². The molecule has 106 valence electrons. The quantitative estimate of drug-likeness (QED) is 0.645. The number of halogens is 3. The van der Waals surface area contributed by atoms with E-state index in [1.54, 1.807) is 12.1 Å². The van der Waals surface area contributed by atoms with Crippen LogP contribution in [-0.2, 0) is 0 Å². The van der Waals surface area contributed by atoms with E-state index in [2.05, 4.69) is 15.9 Å². The Hall–Kier alpha value is -1.06. The maximum Gasteiger partial charge on any atom is 0.128 e. The number of ether oxygens (including phenoxy) is 1. The van der Waals surface area contributed by atoms with Gasteiger partial charge in [0.25, 0.3) is 0 Å². The van der Waals surface area contributed by atoms with Crippen LogP contribution in [0.5, 0.6) is 5.75 Å². The summed E-state index contributed by atoms with van der Waals surface area (Å²) >= 11 is 9.83. The standard InChI is InChI=1S/C16H15BrClFO/c1-3-20-15-7-4-10(2)8-13(15)16(18)12-9-11(17)5-6-14(12)19/h4-9,16H,3H2,1-2H3. The van der Waals surface area contributed by atoms with Gasteiger partial charge in [-0.3, -0.25) is 0 Å². The van der Waals surface area contributed by atoms with E-state index in [1.807, 2.05) is 32.0 Å². The zero-order chi connectivity index (χ0) is 14.7. The molecule has 0 aliphatic heterocycles. The molecule has 1 unspecified atom stereocenters. The van der Waals surface area contributed by atoms with Gasteiger partial charge in [0, 0.05) is 15.6 Å². The number of hydrogen-bond acceptors (Lipinski definition) is 1. The van der Waals surface area contributed by atoms with Crippen LogP contribution in [0.3, 0.4) is 0 Å². The molecule has 0 saturated carbocycles. The van der Waals surface area contributed by atoms with E-state index in [1.165, 1.54) is 6.07 Å². The van der Waals surface area contributed by atoms with Gasteiger partial charge in [0.2, 0.25) is 0 Å². The van der Waals surface area contributed by atoms with Gasteiger partial charge in [-0.15, -0.1) is 11.6 Å². The van der Waals surface area contributed by atoms with E-state index < -0.39 is 5.38 Å². The van der Waals surface area contributed by atoms with Crippen molar-refractivity contribution in [2.75, 3.05) is 6.61 Å². The molecule has 1 atom stereocenters. The van der Waals surface area contributed by atoms with Gasteiger partial charge in [-0.2, -0.15) is 0 Å². The number of hydrogen-bond donors (Lipinski definition) is 0. The first-order chi connectivity index (χ1) is 9.52. The summed E-state index contributed by atoms with van der Waals surface area (Å²) in [6, 6.07) is 10.5. The number of aryl methyl sites for hydroxylation is 1. The highest BCUT2D eigenvalue weighted by Gasteiger charge is 2.19. The summed E-state index contributed by atoms with van der Waals surface area (Å²) in [5.74, 6) is 0.370. The molecule has 2 aromatic rings. The first-order valence-electron chi connectivity index (χ1n) is 6.35. The molecule has 1 nitrogen and oxygen atoms in total. The van der Waals surface area contributed by atoms with Crippen molar-refractivity contribution in [1.82, 2.24) is 0 Å². The van der Waals surface area contributed by atoms with Crippen molar-refractivity contribution < 1.29 is 9.13 Å². The predicted octanol–water partition coefficient (Wildman–Crippen LogP) is 5.62.